The van der Waals surface area contributed by atoms with Gasteiger partial charge in [0.05, 0.1) is 17.8 Å². The Balaban J connectivity index is 1.29. The van der Waals surface area contributed by atoms with Crippen LogP contribution in [-0.4, -0.2) is 19.2 Å². The summed E-state index contributed by atoms with van der Waals surface area (Å²) in [6.07, 6.45) is -3.68. The van der Waals surface area contributed by atoms with Gasteiger partial charge in [-0.05, 0) is 72.6 Å². The highest BCUT2D eigenvalue weighted by Crippen LogP contribution is 2.39. The minimum atomic E-state index is -4.35. The van der Waals surface area contributed by atoms with Crippen molar-refractivity contribution in [3.05, 3.63) is 102 Å². The van der Waals surface area contributed by atoms with Crippen molar-refractivity contribution in [2.75, 3.05) is 18.0 Å². The molecule has 5 rings (SSSR count). The van der Waals surface area contributed by atoms with Gasteiger partial charge in [0.1, 0.15) is 11.9 Å². The van der Waals surface area contributed by atoms with Crippen molar-refractivity contribution >= 4 is 22.1 Å². The first-order valence-corrected chi connectivity index (χ1v) is 11.8. The Morgan fingerprint density at radius 1 is 0.914 bits per heavy atom. The minimum Gasteiger partial charge on any atom is -0.486 e. The van der Waals surface area contributed by atoms with Crippen LogP contribution in [0, 0.1) is 0 Å². The van der Waals surface area contributed by atoms with E-state index < -0.39 is 11.7 Å². The molecular formula is C29H27F3N2O. The van der Waals surface area contributed by atoms with Crippen molar-refractivity contribution in [1.29, 1.82) is 0 Å². The second-order valence-electron chi connectivity index (χ2n) is 8.90. The van der Waals surface area contributed by atoms with Gasteiger partial charge in [0, 0.05) is 11.7 Å². The van der Waals surface area contributed by atoms with Crippen molar-refractivity contribution in [2.24, 2.45) is 0 Å². The summed E-state index contributed by atoms with van der Waals surface area (Å²) in [4.78, 5) is 2.04. The van der Waals surface area contributed by atoms with E-state index in [0.29, 0.717) is 6.54 Å². The predicted molar refractivity (Wildman–Crippen MR) is 134 cm³/mol. The Kier molecular flexibility index (Phi) is 6.39. The molecule has 1 heterocycles. The maximum absolute atomic E-state index is 13.0. The molecule has 0 fully saturated rings. The highest BCUT2D eigenvalue weighted by atomic mass is 19.4. The van der Waals surface area contributed by atoms with E-state index >= 15 is 0 Å². The van der Waals surface area contributed by atoms with E-state index in [2.05, 4.69) is 48.6 Å². The lowest BCUT2D eigenvalue weighted by Crippen LogP contribution is -2.39. The third-order valence-electron chi connectivity index (χ3n) is 6.55. The molecule has 0 bridgehead atoms. The first-order chi connectivity index (χ1) is 16.9. The van der Waals surface area contributed by atoms with E-state index in [1.807, 2.05) is 35.2 Å². The molecule has 2 atom stereocenters. The van der Waals surface area contributed by atoms with Crippen LogP contribution in [0.4, 0.5) is 24.5 Å². The lowest BCUT2D eigenvalue weighted by Gasteiger charge is -2.36. The number of ether oxygens (including phenoxy) is 1. The Labute approximate surface area is 203 Å². The van der Waals surface area contributed by atoms with Gasteiger partial charge in [-0.2, -0.15) is 13.2 Å². The van der Waals surface area contributed by atoms with Crippen LogP contribution in [-0.2, 0) is 6.18 Å². The third-order valence-corrected chi connectivity index (χ3v) is 6.55. The number of nitrogens with one attached hydrogen (secondary N) is 1. The van der Waals surface area contributed by atoms with Crippen molar-refractivity contribution in [2.45, 2.75) is 31.7 Å². The van der Waals surface area contributed by atoms with E-state index in [4.69, 9.17) is 4.74 Å². The fourth-order valence-electron chi connectivity index (χ4n) is 4.72. The molecule has 0 aromatic heterocycles. The maximum Gasteiger partial charge on any atom is 0.416 e. The quantitative estimate of drug-likeness (QED) is 0.312. The molecule has 0 amide bonds. The molecule has 1 aliphatic heterocycles. The topological polar surface area (TPSA) is 24.5 Å². The molecule has 0 radical (unpaired) electrons. The van der Waals surface area contributed by atoms with E-state index in [1.54, 1.807) is 0 Å². The largest absolute Gasteiger partial charge is 0.486 e. The van der Waals surface area contributed by atoms with Crippen molar-refractivity contribution in [3.63, 3.8) is 0 Å². The van der Waals surface area contributed by atoms with Gasteiger partial charge < -0.3 is 15.0 Å². The maximum atomic E-state index is 13.0. The van der Waals surface area contributed by atoms with Gasteiger partial charge in [-0.1, -0.05) is 54.6 Å². The molecule has 4 aromatic rings. The van der Waals surface area contributed by atoms with Crippen molar-refractivity contribution in [1.82, 2.24) is 5.32 Å². The van der Waals surface area contributed by atoms with Crippen LogP contribution < -0.4 is 15.0 Å². The number of halogens is 3. The van der Waals surface area contributed by atoms with Crippen LogP contribution in [0.1, 0.15) is 30.5 Å². The average Bonchev–Trinajstić information content (AvgIpc) is 2.87. The van der Waals surface area contributed by atoms with E-state index in [9.17, 15) is 13.2 Å². The number of hydrogen-bond acceptors (Lipinski definition) is 3. The van der Waals surface area contributed by atoms with Gasteiger partial charge in [-0.25, -0.2) is 0 Å². The molecule has 1 N–H and O–H groups in total. The van der Waals surface area contributed by atoms with Gasteiger partial charge in [0.2, 0.25) is 0 Å². The summed E-state index contributed by atoms with van der Waals surface area (Å²) >= 11 is 0. The van der Waals surface area contributed by atoms with Crippen LogP contribution >= 0.6 is 0 Å². The first kappa shape index (κ1) is 23.2. The molecule has 0 saturated heterocycles. The van der Waals surface area contributed by atoms with Crippen LogP contribution in [0.3, 0.4) is 0 Å². The second-order valence-corrected chi connectivity index (χ2v) is 8.90. The number of para-hydroxylation sites is 2. The molecule has 0 saturated carbocycles. The van der Waals surface area contributed by atoms with Gasteiger partial charge in [-0.15, -0.1) is 0 Å². The number of benzene rings is 4. The van der Waals surface area contributed by atoms with Crippen LogP contribution in [0.2, 0.25) is 0 Å². The summed E-state index contributed by atoms with van der Waals surface area (Å²) in [5, 5.41) is 6.08. The fourth-order valence-corrected chi connectivity index (χ4v) is 4.72. The molecular weight excluding hydrogens is 449 g/mol. The first-order valence-electron chi connectivity index (χ1n) is 11.8. The molecule has 4 aromatic carbocycles. The van der Waals surface area contributed by atoms with E-state index in [0.717, 1.165) is 42.2 Å². The molecule has 0 aliphatic carbocycles. The average molecular weight is 477 g/mol. The Morgan fingerprint density at radius 3 is 2.43 bits per heavy atom. The lowest BCUT2D eigenvalue weighted by atomic mass is 9.99. The fraction of sp³-hybridized carbons (Fsp3) is 0.241. The summed E-state index contributed by atoms with van der Waals surface area (Å²) in [5.74, 6) is 0.741. The predicted octanol–water partition coefficient (Wildman–Crippen LogP) is 7.50. The number of hydrogen-bond donors (Lipinski definition) is 1. The second kappa shape index (κ2) is 9.62. The Morgan fingerprint density at radius 2 is 1.63 bits per heavy atom. The zero-order chi connectivity index (χ0) is 24.4. The summed E-state index contributed by atoms with van der Waals surface area (Å²) in [7, 11) is 0. The molecule has 0 spiro atoms. The summed E-state index contributed by atoms with van der Waals surface area (Å²) < 4.78 is 45.4. The number of alkyl halides is 3. The number of anilines is 2. The normalized spacial score (nSPS) is 16.6. The van der Waals surface area contributed by atoms with Gasteiger partial charge in [-0.3, -0.25) is 0 Å². The van der Waals surface area contributed by atoms with E-state index in [1.165, 1.54) is 28.5 Å². The molecule has 3 nitrogen and oxygen atoms in total. The summed E-state index contributed by atoms with van der Waals surface area (Å²) in [5.41, 5.74) is 2.19. The summed E-state index contributed by atoms with van der Waals surface area (Å²) in [6.45, 7) is 3.47. The monoisotopic (exact) mass is 476 g/mol. The molecule has 1 aliphatic rings. The van der Waals surface area contributed by atoms with Gasteiger partial charge >= 0.3 is 6.18 Å². The molecule has 6 heteroatoms. The summed E-state index contributed by atoms with van der Waals surface area (Å²) in [6, 6.07) is 27.9. The Hall–Kier alpha value is -3.51. The van der Waals surface area contributed by atoms with Crippen LogP contribution in [0.5, 0.6) is 5.75 Å². The number of fused-ring (bicyclic) bond motifs is 2. The zero-order valence-corrected chi connectivity index (χ0v) is 19.4. The highest BCUT2D eigenvalue weighted by molar-refractivity contribution is 5.86. The highest BCUT2D eigenvalue weighted by Gasteiger charge is 2.31. The standard InChI is InChI=1S/C29H27F3N2O/c1-20(25-10-6-8-21-7-2-3-9-26(21)25)33-18-17-24-19-34(27-11-4-5-12-28(27)35-24)23-15-13-22(14-16-23)29(30,31)32/h2-16,20,24,33H,17-19H2,1H3/t20-,24?/m0/s1. The number of rotatable bonds is 6. The van der Waals surface area contributed by atoms with Gasteiger partial charge in [0.25, 0.3) is 0 Å². The lowest BCUT2D eigenvalue weighted by molar-refractivity contribution is -0.137. The molecule has 1 unspecified atom stereocenters. The van der Waals surface area contributed by atoms with E-state index in [-0.39, 0.29) is 12.1 Å². The van der Waals surface area contributed by atoms with Crippen LogP contribution in [0.15, 0.2) is 91.0 Å². The minimum absolute atomic E-state index is 0.0978. The SMILES string of the molecule is C[C@H](NCCC1CN(c2ccc(C(F)(F)F)cc2)c2ccccc2O1)c1cccc2ccccc12. The molecule has 35 heavy (non-hydrogen) atoms. The van der Waals surface area contributed by atoms with Crippen LogP contribution in [0.25, 0.3) is 10.8 Å². The zero-order valence-electron chi connectivity index (χ0n) is 19.4. The number of nitrogens with zero attached hydrogens (tertiary/aromatic N) is 1. The molecule has 180 valence electrons. The van der Waals surface area contributed by atoms with Gasteiger partial charge in [0.15, 0.2) is 0 Å². The smallest absolute Gasteiger partial charge is 0.416 e. The van der Waals surface area contributed by atoms with Crippen molar-refractivity contribution in [3.8, 4) is 5.75 Å². The van der Waals surface area contributed by atoms with Crippen molar-refractivity contribution < 1.29 is 17.9 Å². The third kappa shape index (κ3) is 4.98. The Bertz CT molecular complexity index is 1300.